The van der Waals surface area contributed by atoms with Crippen LogP contribution in [-0.4, -0.2) is 35.0 Å². The lowest BCUT2D eigenvalue weighted by atomic mass is 9.94. The van der Waals surface area contributed by atoms with Gasteiger partial charge in [0.25, 0.3) is 5.78 Å². The van der Waals surface area contributed by atoms with E-state index in [0.717, 1.165) is 16.0 Å². The van der Waals surface area contributed by atoms with Crippen LogP contribution in [0.5, 0.6) is 11.5 Å². The third-order valence-corrected chi connectivity index (χ3v) is 7.82. The minimum Gasteiger partial charge on any atom is -0.507 e. The van der Waals surface area contributed by atoms with Crippen molar-refractivity contribution in [2.45, 2.75) is 25.5 Å². The molecule has 2 aliphatic rings. The van der Waals surface area contributed by atoms with Gasteiger partial charge in [0, 0.05) is 17.0 Å². The molecule has 0 spiro atoms. The van der Waals surface area contributed by atoms with Crippen molar-refractivity contribution < 1.29 is 24.2 Å². The van der Waals surface area contributed by atoms with Gasteiger partial charge in [0.1, 0.15) is 23.4 Å². The van der Waals surface area contributed by atoms with E-state index in [2.05, 4.69) is 4.98 Å². The molecule has 9 heteroatoms. The van der Waals surface area contributed by atoms with Crippen LogP contribution in [0.2, 0.25) is 5.02 Å². The number of methoxy groups -OCH3 is 1. The second kappa shape index (κ2) is 8.90. The molecule has 0 radical (unpaired) electrons. The maximum Gasteiger partial charge on any atom is 0.301 e. The lowest BCUT2D eigenvalue weighted by Gasteiger charge is -2.23. The van der Waals surface area contributed by atoms with E-state index < -0.39 is 17.7 Å². The van der Waals surface area contributed by atoms with Crippen molar-refractivity contribution in [2.24, 2.45) is 0 Å². The van der Waals surface area contributed by atoms with Crippen LogP contribution in [0.4, 0.5) is 5.13 Å². The number of nitrogens with zero attached hydrogens (tertiary/aromatic N) is 2. The molecule has 186 valence electrons. The zero-order valence-electron chi connectivity index (χ0n) is 19.9. The Kier molecular flexibility index (Phi) is 5.66. The minimum atomic E-state index is -0.912. The number of halogens is 1. The predicted molar refractivity (Wildman–Crippen MR) is 143 cm³/mol. The Morgan fingerprint density at radius 1 is 1.16 bits per heavy atom. The van der Waals surface area contributed by atoms with Crippen LogP contribution in [0.15, 0.2) is 66.2 Å². The highest BCUT2D eigenvalue weighted by Crippen LogP contribution is 2.45. The van der Waals surface area contributed by atoms with Crippen molar-refractivity contribution in [3.63, 3.8) is 0 Å². The Bertz CT molecular complexity index is 1630. The fourth-order valence-corrected chi connectivity index (χ4v) is 6.09. The Morgan fingerprint density at radius 3 is 2.78 bits per heavy atom. The molecule has 2 atom stereocenters. The van der Waals surface area contributed by atoms with Crippen molar-refractivity contribution >= 4 is 55.7 Å². The van der Waals surface area contributed by atoms with Crippen molar-refractivity contribution in [3.8, 4) is 11.5 Å². The molecule has 3 heterocycles. The number of ether oxygens (including phenoxy) is 2. The van der Waals surface area contributed by atoms with Gasteiger partial charge < -0.3 is 14.6 Å². The average molecular weight is 533 g/mol. The van der Waals surface area contributed by atoms with Crippen LogP contribution < -0.4 is 14.4 Å². The molecular formula is C28H21ClN2O5S. The zero-order chi connectivity index (χ0) is 25.8. The number of Topliss-reactive ketones (excluding diaryl/α,β-unsaturated/α-hetero) is 1. The molecule has 0 saturated carbocycles. The SMILES string of the molecule is COc1ccc2nc(N3C(=O)C(=O)/C(=C(/O)c4ccc5c(c4)C[C@@H](C)O5)[C@H]3c3cccc(Cl)c3)sc2c1. The number of aliphatic hydroxyl groups excluding tert-OH is 1. The standard InChI is InChI=1S/C28H21ClN2O5S/c1-14-10-17-11-16(6-9-21(17)36-14)25(32)23-24(15-4-3-5-18(29)12-15)31(27(34)26(23)33)28-30-20-8-7-19(35-2)13-22(20)37-28/h3-9,11-14,24,32H,10H2,1-2H3/b25-23+/t14-,24-/m1/s1. The summed E-state index contributed by atoms with van der Waals surface area (Å²) in [6.07, 6.45) is 0.722. The molecule has 7 nitrogen and oxygen atoms in total. The number of hydrogen-bond acceptors (Lipinski definition) is 7. The predicted octanol–water partition coefficient (Wildman–Crippen LogP) is 5.91. The molecule has 2 aliphatic heterocycles. The molecule has 1 amide bonds. The van der Waals surface area contributed by atoms with Crippen molar-refractivity contribution in [1.82, 2.24) is 4.98 Å². The first-order chi connectivity index (χ1) is 17.8. The molecule has 1 aromatic heterocycles. The highest BCUT2D eigenvalue weighted by Gasteiger charge is 2.48. The number of amides is 1. The fraction of sp³-hybridized carbons (Fsp3) is 0.179. The van der Waals surface area contributed by atoms with E-state index in [4.69, 9.17) is 21.1 Å². The van der Waals surface area contributed by atoms with Crippen LogP contribution in [0.1, 0.15) is 29.7 Å². The van der Waals surface area contributed by atoms with Gasteiger partial charge >= 0.3 is 5.91 Å². The smallest absolute Gasteiger partial charge is 0.301 e. The van der Waals surface area contributed by atoms with Crippen LogP contribution >= 0.6 is 22.9 Å². The maximum absolute atomic E-state index is 13.5. The number of thiazole rings is 1. The summed E-state index contributed by atoms with van der Waals surface area (Å²) in [5, 5.41) is 12.2. The van der Waals surface area contributed by atoms with Crippen LogP contribution in [-0.2, 0) is 16.0 Å². The van der Waals surface area contributed by atoms with E-state index in [1.807, 2.05) is 13.0 Å². The van der Waals surface area contributed by atoms with Gasteiger partial charge in [0.2, 0.25) is 0 Å². The molecule has 0 aliphatic carbocycles. The topological polar surface area (TPSA) is 89.0 Å². The Labute approximate surface area is 221 Å². The quantitative estimate of drug-likeness (QED) is 0.200. The van der Waals surface area contributed by atoms with Gasteiger partial charge in [-0.2, -0.15) is 0 Å². The number of carbonyl (C=O) groups excluding carboxylic acids is 2. The summed E-state index contributed by atoms with van der Waals surface area (Å²) in [6, 6.07) is 16.7. The lowest BCUT2D eigenvalue weighted by molar-refractivity contribution is -0.132. The Balaban J connectivity index is 1.53. The number of carbonyl (C=O) groups is 2. The lowest BCUT2D eigenvalue weighted by Crippen LogP contribution is -2.29. The van der Waals surface area contributed by atoms with Gasteiger partial charge in [-0.05, 0) is 66.6 Å². The number of anilines is 1. The second-order valence-electron chi connectivity index (χ2n) is 9.01. The van der Waals surface area contributed by atoms with Crippen LogP contribution in [0, 0.1) is 0 Å². The molecule has 3 aromatic carbocycles. The molecule has 1 saturated heterocycles. The van der Waals surface area contributed by atoms with Gasteiger partial charge in [0.05, 0.1) is 28.9 Å². The molecule has 1 N–H and O–H groups in total. The number of aliphatic hydroxyl groups is 1. The highest BCUT2D eigenvalue weighted by molar-refractivity contribution is 7.22. The summed E-state index contributed by atoms with van der Waals surface area (Å²) in [6.45, 7) is 1.97. The van der Waals surface area contributed by atoms with Gasteiger partial charge in [-0.15, -0.1) is 0 Å². The van der Waals surface area contributed by atoms with E-state index in [9.17, 15) is 14.7 Å². The zero-order valence-corrected chi connectivity index (χ0v) is 21.5. The normalized spacial score (nSPS) is 20.4. The number of ketones is 1. The summed E-state index contributed by atoms with van der Waals surface area (Å²) < 4.78 is 11.9. The number of benzene rings is 3. The molecule has 6 rings (SSSR count). The number of fused-ring (bicyclic) bond motifs is 2. The second-order valence-corrected chi connectivity index (χ2v) is 10.5. The third-order valence-electron chi connectivity index (χ3n) is 6.57. The number of aromatic nitrogens is 1. The molecule has 0 bridgehead atoms. The van der Waals surface area contributed by atoms with Gasteiger partial charge in [-0.25, -0.2) is 4.98 Å². The van der Waals surface area contributed by atoms with E-state index in [1.165, 1.54) is 16.2 Å². The van der Waals surface area contributed by atoms with Crippen LogP contribution in [0.25, 0.3) is 16.0 Å². The molecule has 1 fully saturated rings. The largest absolute Gasteiger partial charge is 0.507 e. The minimum absolute atomic E-state index is 0.0176. The fourth-order valence-electron chi connectivity index (χ4n) is 4.87. The van der Waals surface area contributed by atoms with E-state index in [-0.39, 0.29) is 17.4 Å². The van der Waals surface area contributed by atoms with E-state index >= 15 is 0 Å². The maximum atomic E-state index is 13.5. The van der Waals surface area contributed by atoms with Crippen LogP contribution in [0.3, 0.4) is 0 Å². The number of hydrogen-bond donors (Lipinski definition) is 1. The van der Waals surface area contributed by atoms with Gasteiger partial charge in [0.15, 0.2) is 5.13 Å². The molecule has 4 aromatic rings. The highest BCUT2D eigenvalue weighted by atomic mass is 35.5. The first kappa shape index (κ1) is 23.5. The van der Waals surface area contributed by atoms with Crippen molar-refractivity contribution in [3.05, 3.63) is 87.9 Å². The monoisotopic (exact) mass is 532 g/mol. The first-order valence-electron chi connectivity index (χ1n) is 11.6. The average Bonchev–Trinajstić information content (AvgIpc) is 3.55. The summed E-state index contributed by atoms with van der Waals surface area (Å²) in [5.41, 5.74) is 2.61. The first-order valence-corrected chi connectivity index (χ1v) is 12.8. The number of rotatable bonds is 4. The summed E-state index contributed by atoms with van der Waals surface area (Å²) in [4.78, 5) is 32.9. The van der Waals surface area contributed by atoms with Crippen molar-refractivity contribution in [1.29, 1.82) is 0 Å². The molecule has 37 heavy (non-hydrogen) atoms. The van der Waals surface area contributed by atoms with E-state index in [1.54, 1.807) is 61.7 Å². The summed E-state index contributed by atoms with van der Waals surface area (Å²) >= 11 is 7.57. The van der Waals surface area contributed by atoms with Crippen molar-refractivity contribution in [2.75, 3.05) is 12.0 Å². The Hall–Kier alpha value is -3.88. The summed E-state index contributed by atoms with van der Waals surface area (Å²) in [5.74, 6) is -0.400. The van der Waals surface area contributed by atoms with Gasteiger partial charge in [-0.1, -0.05) is 35.1 Å². The molecule has 0 unspecified atom stereocenters. The third kappa shape index (κ3) is 3.93. The molecular weight excluding hydrogens is 512 g/mol. The summed E-state index contributed by atoms with van der Waals surface area (Å²) in [7, 11) is 1.58. The Morgan fingerprint density at radius 2 is 2.00 bits per heavy atom. The van der Waals surface area contributed by atoms with E-state index in [0.29, 0.717) is 39.0 Å². The van der Waals surface area contributed by atoms with Gasteiger partial charge in [-0.3, -0.25) is 14.5 Å².